The molecule has 19 heavy (non-hydrogen) atoms. The van der Waals surface area contributed by atoms with Gasteiger partial charge in [0.05, 0.1) is 11.4 Å². The van der Waals surface area contributed by atoms with Gasteiger partial charge in [0.2, 0.25) is 0 Å². The van der Waals surface area contributed by atoms with Crippen molar-refractivity contribution in [1.29, 1.82) is 0 Å². The smallest absolute Gasteiger partial charge is 0.0782 e. The topological polar surface area (TPSA) is 41.1 Å². The van der Waals surface area contributed by atoms with E-state index >= 15 is 0 Å². The Balaban J connectivity index is 2.00. The number of rotatable bonds is 5. The van der Waals surface area contributed by atoms with Crippen molar-refractivity contribution in [2.45, 2.75) is 51.1 Å². The fourth-order valence-corrected chi connectivity index (χ4v) is 3.10. The molecule has 2 rings (SSSR count). The molecular formula is C15H26N4. The molecule has 0 spiro atoms. The van der Waals surface area contributed by atoms with E-state index in [0.717, 1.165) is 17.9 Å². The summed E-state index contributed by atoms with van der Waals surface area (Å²) in [7, 11) is 4.40. The minimum atomic E-state index is 0.256. The average molecular weight is 262 g/mol. The van der Waals surface area contributed by atoms with Gasteiger partial charge < -0.3 is 10.2 Å². The van der Waals surface area contributed by atoms with Crippen LogP contribution >= 0.6 is 0 Å². The molecule has 0 aliphatic heterocycles. The van der Waals surface area contributed by atoms with Gasteiger partial charge >= 0.3 is 0 Å². The average Bonchev–Trinajstić information content (AvgIpc) is 2.86. The Kier molecular flexibility index (Phi) is 4.53. The van der Waals surface area contributed by atoms with Crippen LogP contribution in [0.1, 0.15) is 50.0 Å². The first-order chi connectivity index (χ1) is 9.05. The molecule has 0 amide bonds. The highest BCUT2D eigenvalue weighted by Gasteiger charge is 2.35. The largest absolute Gasteiger partial charge is 0.307 e. The lowest BCUT2D eigenvalue weighted by Crippen LogP contribution is -2.50. The molecule has 0 bridgehead atoms. The molecule has 1 aromatic rings. The van der Waals surface area contributed by atoms with Crippen molar-refractivity contribution in [3.63, 3.8) is 0 Å². The van der Waals surface area contributed by atoms with Gasteiger partial charge in [-0.15, -0.1) is 0 Å². The van der Waals surface area contributed by atoms with Crippen molar-refractivity contribution in [3.8, 4) is 0 Å². The van der Waals surface area contributed by atoms with E-state index in [0.29, 0.717) is 5.54 Å². The van der Waals surface area contributed by atoms with Crippen molar-refractivity contribution in [1.82, 2.24) is 20.2 Å². The Morgan fingerprint density at radius 1 is 1.26 bits per heavy atom. The SMILES string of the molecule is Cc1nccnc1C(C)NCC1(N(C)C)CCCC1. The maximum atomic E-state index is 4.45. The quantitative estimate of drug-likeness (QED) is 0.884. The van der Waals surface area contributed by atoms with Crippen LogP contribution in [0.4, 0.5) is 0 Å². The fraction of sp³-hybridized carbons (Fsp3) is 0.733. The minimum absolute atomic E-state index is 0.256. The van der Waals surface area contributed by atoms with Crippen LogP contribution in [-0.2, 0) is 0 Å². The minimum Gasteiger partial charge on any atom is -0.307 e. The molecule has 4 nitrogen and oxygen atoms in total. The Hall–Kier alpha value is -1.00. The standard InChI is InChI=1S/C15H26N4/c1-12-14(17-10-9-16-12)13(2)18-11-15(19(3)4)7-5-6-8-15/h9-10,13,18H,5-8,11H2,1-4H3. The highest BCUT2D eigenvalue weighted by Crippen LogP contribution is 2.33. The van der Waals surface area contributed by atoms with Gasteiger partial charge in [0.15, 0.2) is 0 Å². The van der Waals surface area contributed by atoms with Crippen LogP contribution < -0.4 is 5.32 Å². The van der Waals surface area contributed by atoms with Crippen LogP contribution in [0.25, 0.3) is 0 Å². The van der Waals surface area contributed by atoms with E-state index in [1.54, 1.807) is 12.4 Å². The molecule has 4 heteroatoms. The van der Waals surface area contributed by atoms with Gasteiger partial charge in [-0.2, -0.15) is 0 Å². The zero-order valence-electron chi connectivity index (χ0n) is 12.6. The first kappa shape index (κ1) is 14.4. The summed E-state index contributed by atoms with van der Waals surface area (Å²) in [5.41, 5.74) is 2.41. The highest BCUT2D eigenvalue weighted by molar-refractivity contribution is 5.12. The number of nitrogens with one attached hydrogen (secondary N) is 1. The van der Waals surface area contributed by atoms with Gasteiger partial charge in [-0.1, -0.05) is 12.8 Å². The third kappa shape index (κ3) is 3.12. The zero-order valence-corrected chi connectivity index (χ0v) is 12.6. The van der Waals surface area contributed by atoms with Gasteiger partial charge in [-0.25, -0.2) is 0 Å². The molecule has 1 N–H and O–H groups in total. The molecule has 1 fully saturated rings. The summed E-state index contributed by atoms with van der Waals surface area (Å²) in [5.74, 6) is 0. The summed E-state index contributed by atoms with van der Waals surface area (Å²) in [5, 5.41) is 3.66. The van der Waals surface area contributed by atoms with E-state index in [1.165, 1.54) is 25.7 Å². The van der Waals surface area contributed by atoms with E-state index in [1.807, 2.05) is 6.92 Å². The Bertz CT molecular complexity index is 410. The van der Waals surface area contributed by atoms with Gasteiger partial charge in [0.1, 0.15) is 0 Å². The normalized spacial score (nSPS) is 19.8. The van der Waals surface area contributed by atoms with E-state index in [-0.39, 0.29) is 6.04 Å². The number of hydrogen-bond donors (Lipinski definition) is 1. The van der Waals surface area contributed by atoms with Gasteiger partial charge in [0.25, 0.3) is 0 Å². The lowest BCUT2D eigenvalue weighted by Gasteiger charge is -2.37. The Morgan fingerprint density at radius 3 is 2.47 bits per heavy atom. The third-order valence-corrected chi connectivity index (χ3v) is 4.55. The van der Waals surface area contributed by atoms with Crippen molar-refractivity contribution in [2.24, 2.45) is 0 Å². The van der Waals surface area contributed by atoms with Gasteiger partial charge in [-0.3, -0.25) is 9.97 Å². The van der Waals surface area contributed by atoms with Crippen molar-refractivity contribution in [3.05, 3.63) is 23.8 Å². The molecule has 1 aliphatic carbocycles. The molecule has 1 aliphatic rings. The molecule has 0 saturated heterocycles. The molecule has 1 atom stereocenters. The summed E-state index contributed by atoms with van der Waals surface area (Å²) in [6.45, 7) is 5.23. The van der Waals surface area contributed by atoms with Crippen LogP contribution in [0.2, 0.25) is 0 Å². The fourth-order valence-electron chi connectivity index (χ4n) is 3.10. The molecule has 1 aromatic heterocycles. The Morgan fingerprint density at radius 2 is 1.89 bits per heavy atom. The van der Waals surface area contributed by atoms with E-state index in [4.69, 9.17) is 0 Å². The molecule has 0 aromatic carbocycles. The number of nitrogens with zero attached hydrogens (tertiary/aromatic N) is 3. The highest BCUT2D eigenvalue weighted by atomic mass is 15.2. The summed E-state index contributed by atoms with van der Waals surface area (Å²) >= 11 is 0. The first-order valence-electron chi connectivity index (χ1n) is 7.23. The molecular weight excluding hydrogens is 236 g/mol. The first-order valence-corrected chi connectivity index (χ1v) is 7.23. The van der Waals surface area contributed by atoms with Crippen molar-refractivity contribution >= 4 is 0 Å². The molecule has 1 heterocycles. The number of aromatic nitrogens is 2. The molecule has 1 saturated carbocycles. The second kappa shape index (κ2) is 5.97. The summed E-state index contributed by atoms with van der Waals surface area (Å²) in [6.07, 6.45) is 8.80. The number of likely N-dealkylation sites (N-methyl/N-ethyl adjacent to an activating group) is 1. The maximum Gasteiger partial charge on any atom is 0.0782 e. The second-order valence-corrected chi connectivity index (χ2v) is 5.96. The summed E-state index contributed by atoms with van der Waals surface area (Å²) in [4.78, 5) is 11.2. The van der Waals surface area contributed by atoms with Crippen molar-refractivity contribution < 1.29 is 0 Å². The van der Waals surface area contributed by atoms with Crippen LogP contribution in [-0.4, -0.2) is 41.0 Å². The molecule has 0 radical (unpaired) electrons. The van der Waals surface area contributed by atoms with E-state index in [9.17, 15) is 0 Å². The predicted molar refractivity (Wildman–Crippen MR) is 78.1 cm³/mol. The molecule has 1 unspecified atom stereocenters. The van der Waals surface area contributed by atoms with Crippen LogP contribution in [0, 0.1) is 6.92 Å². The van der Waals surface area contributed by atoms with Crippen LogP contribution in [0.5, 0.6) is 0 Å². The number of aryl methyl sites for hydroxylation is 1. The lowest BCUT2D eigenvalue weighted by atomic mass is 9.95. The van der Waals surface area contributed by atoms with Crippen LogP contribution in [0.15, 0.2) is 12.4 Å². The lowest BCUT2D eigenvalue weighted by molar-refractivity contribution is 0.150. The van der Waals surface area contributed by atoms with Gasteiger partial charge in [0, 0.05) is 30.5 Å². The summed E-state index contributed by atoms with van der Waals surface area (Å²) in [6, 6.07) is 0.256. The van der Waals surface area contributed by atoms with E-state index in [2.05, 4.69) is 41.2 Å². The van der Waals surface area contributed by atoms with Crippen molar-refractivity contribution in [2.75, 3.05) is 20.6 Å². The maximum absolute atomic E-state index is 4.45. The number of hydrogen-bond acceptors (Lipinski definition) is 4. The van der Waals surface area contributed by atoms with Gasteiger partial charge in [-0.05, 0) is 40.8 Å². The Labute approximate surface area is 116 Å². The second-order valence-electron chi connectivity index (χ2n) is 5.96. The predicted octanol–water partition coefficient (Wildman–Crippen LogP) is 2.31. The summed E-state index contributed by atoms with van der Waals surface area (Å²) < 4.78 is 0. The third-order valence-electron chi connectivity index (χ3n) is 4.55. The van der Waals surface area contributed by atoms with Crippen LogP contribution in [0.3, 0.4) is 0 Å². The monoisotopic (exact) mass is 262 g/mol. The zero-order chi connectivity index (χ0) is 13.9. The molecule has 106 valence electrons. The van der Waals surface area contributed by atoms with E-state index < -0.39 is 0 Å².